The molecule has 0 bridgehead atoms. The summed E-state index contributed by atoms with van der Waals surface area (Å²) in [4.78, 5) is 34.1. The highest BCUT2D eigenvalue weighted by molar-refractivity contribution is 5.86. The third-order valence-electron chi connectivity index (χ3n) is 7.10. The van der Waals surface area contributed by atoms with Crippen LogP contribution in [0, 0.1) is 12.3 Å². The third-order valence-corrected chi connectivity index (χ3v) is 7.10. The number of rotatable bonds is 4. The van der Waals surface area contributed by atoms with Crippen molar-refractivity contribution in [2.24, 2.45) is 5.41 Å². The topological polar surface area (TPSA) is 95.0 Å². The Morgan fingerprint density at radius 3 is 2.77 bits per heavy atom. The second kappa shape index (κ2) is 9.02. The molecule has 1 aromatic heterocycles. The van der Waals surface area contributed by atoms with Gasteiger partial charge < -0.3 is 19.6 Å². The van der Waals surface area contributed by atoms with E-state index < -0.39 is 6.09 Å². The van der Waals surface area contributed by atoms with Crippen LogP contribution >= 0.6 is 0 Å². The van der Waals surface area contributed by atoms with Crippen LogP contribution in [-0.4, -0.2) is 65.4 Å². The van der Waals surface area contributed by atoms with Crippen molar-refractivity contribution in [1.29, 1.82) is 0 Å². The van der Waals surface area contributed by atoms with Gasteiger partial charge in [0.1, 0.15) is 5.82 Å². The SMILES string of the molecule is CCOC(=O)Nc1cnc(N2CCC[C@@]3(CCN([C@H]4CC[C@H](O)CC4)C3=O)C2)c(C)c1. The van der Waals surface area contributed by atoms with Crippen LogP contribution in [0.3, 0.4) is 0 Å². The van der Waals surface area contributed by atoms with Crippen molar-refractivity contribution in [3.05, 3.63) is 17.8 Å². The fourth-order valence-electron chi connectivity index (χ4n) is 5.51. The smallest absolute Gasteiger partial charge is 0.411 e. The first-order chi connectivity index (χ1) is 14.9. The molecule has 8 heteroatoms. The van der Waals surface area contributed by atoms with Crippen molar-refractivity contribution < 1.29 is 19.4 Å². The first kappa shape index (κ1) is 21.9. The van der Waals surface area contributed by atoms with Crippen molar-refractivity contribution in [1.82, 2.24) is 9.88 Å². The van der Waals surface area contributed by atoms with Gasteiger partial charge in [-0.15, -0.1) is 0 Å². The zero-order chi connectivity index (χ0) is 22.0. The van der Waals surface area contributed by atoms with E-state index in [1.54, 1.807) is 13.1 Å². The molecular weight excluding hydrogens is 396 g/mol. The number of aliphatic hydroxyl groups excluding tert-OH is 1. The van der Waals surface area contributed by atoms with Gasteiger partial charge in [-0.25, -0.2) is 9.78 Å². The lowest BCUT2D eigenvalue weighted by molar-refractivity contribution is -0.139. The summed E-state index contributed by atoms with van der Waals surface area (Å²) < 4.78 is 4.93. The number of hydrogen-bond acceptors (Lipinski definition) is 6. The number of aryl methyl sites for hydroxylation is 1. The van der Waals surface area contributed by atoms with E-state index in [1.807, 2.05) is 13.0 Å². The molecule has 8 nitrogen and oxygen atoms in total. The minimum atomic E-state index is -0.486. The molecule has 3 heterocycles. The van der Waals surface area contributed by atoms with E-state index in [9.17, 15) is 14.7 Å². The molecule has 0 unspecified atom stereocenters. The molecule has 1 saturated carbocycles. The molecule has 3 fully saturated rings. The molecule has 4 rings (SSSR count). The number of anilines is 2. The predicted octanol–water partition coefficient (Wildman–Crippen LogP) is 3.08. The number of aliphatic hydroxyl groups is 1. The van der Waals surface area contributed by atoms with Crippen molar-refractivity contribution in [2.75, 3.05) is 36.5 Å². The van der Waals surface area contributed by atoms with Crippen molar-refractivity contribution in [3.8, 4) is 0 Å². The van der Waals surface area contributed by atoms with Gasteiger partial charge in [0.15, 0.2) is 0 Å². The Hall–Kier alpha value is -2.35. The number of amides is 2. The maximum absolute atomic E-state index is 13.5. The number of nitrogens with zero attached hydrogens (tertiary/aromatic N) is 3. The fourth-order valence-corrected chi connectivity index (χ4v) is 5.51. The van der Waals surface area contributed by atoms with Crippen molar-refractivity contribution in [2.45, 2.75) is 70.9 Å². The maximum atomic E-state index is 13.5. The summed E-state index contributed by atoms with van der Waals surface area (Å²) in [6.07, 6.45) is 7.14. The lowest BCUT2D eigenvalue weighted by Gasteiger charge is -2.41. The van der Waals surface area contributed by atoms with Gasteiger partial charge in [0.2, 0.25) is 5.91 Å². The largest absolute Gasteiger partial charge is 0.450 e. The summed E-state index contributed by atoms with van der Waals surface area (Å²) in [6, 6.07) is 2.18. The molecule has 2 amide bonds. The Balaban J connectivity index is 1.45. The number of likely N-dealkylation sites (tertiary alicyclic amines) is 1. The Labute approximate surface area is 184 Å². The normalized spacial score (nSPS) is 28.8. The summed E-state index contributed by atoms with van der Waals surface area (Å²) in [6.45, 7) is 6.46. The summed E-state index contributed by atoms with van der Waals surface area (Å²) >= 11 is 0. The van der Waals surface area contributed by atoms with Gasteiger partial charge in [0.05, 0.1) is 30.0 Å². The van der Waals surface area contributed by atoms with Gasteiger partial charge in [-0.1, -0.05) is 0 Å². The molecule has 1 atom stereocenters. The summed E-state index contributed by atoms with van der Waals surface area (Å²) in [5, 5.41) is 12.5. The monoisotopic (exact) mass is 430 g/mol. The van der Waals surface area contributed by atoms with Crippen LogP contribution < -0.4 is 10.2 Å². The fraction of sp³-hybridized carbons (Fsp3) is 0.696. The Morgan fingerprint density at radius 2 is 2.06 bits per heavy atom. The minimum Gasteiger partial charge on any atom is -0.450 e. The molecular formula is C23H34N4O4. The van der Waals surface area contributed by atoms with Crippen LogP contribution in [0.2, 0.25) is 0 Å². The van der Waals surface area contributed by atoms with Crippen molar-refractivity contribution >= 4 is 23.5 Å². The van der Waals surface area contributed by atoms with Crippen molar-refractivity contribution in [3.63, 3.8) is 0 Å². The van der Waals surface area contributed by atoms with E-state index in [0.717, 1.165) is 69.4 Å². The van der Waals surface area contributed by atoms with E-state index in [0.29, 0.717) is 18.8 Å². The Kier molecular flexibility index (Phi) is 6.36. The zero-order valence-corrected chi connectivity index (χ0v) is 18.6. The summed E-state index contributed by atoms with van der Waals surface area (Å²) in [7, 11) is 0. The molecule has 1 spiro atoms. The number of carbonyl (C=O) groups excluding carboxylic acids is 2. The zero-order valence-electron chi connectivity index (χ0n) is 18.6. The molecule has 3 aliphatic rings. The number of pyridine rings is 1. The van der Waals surface area contributed by atoms with Gasteiger partial charge in [-0.05, 0) is 70.4 Å². The van der Waals surface area contributed by atoms with Crippen LogP contribution in [0.4, 0.5) is 16.3 Å². The number of nitrogens with one attached hydrogen (secondary N) is 1. The molecule has 2 N–H and O–H groups in total. The Bertz CT molecular complexity index is 824. The molecule has 1 aliphatic carbocycles. The molecule has 170 valence electrons. The maximum Gasteiger partial charge on any atom is 0.411 e. The number of aromatic nitrogens is 1. The quantitative estimate of drug-likeness (QED) is 0.762. The molecule has 0 aromatic carbocycles. The second-order valence-electron chi connectivity index (χ2n) is 9.23. The Morgan fingerprint density at radius 1 is 1.29 bits per heavy atom. The van der Waals surface area contributed by atoms with E-state index in [2.05, 4.69) is 20.1 Å². The van der Waals surface area contributed by atoms with Crippen LogP contribution in [0.25, 0.3) is 0 Å². The molecule has 31 heavy (non-hydrogen) atoms. The van der Waals surface area contributed by atoms with Gasteiger partial charge in [0.25, 0.3) is 0 Å². The lowest BCUT2D eigenvalue weighted by Crippen LogP contribution is -2.50. The van der Waals surface area contributed by atoms with E-state index in [4.69, 9.17) is 4.74 Å². The molecule has 1 aromatic rings. The highest BCUT2D eigenvalue weighted by Crippen LogP contribution is 2.43. The molecule has 2 aliphatic heterocycles. The van der Waals surface area contributed by atoms with Gasteiger partial charge in [-0.3, -0.25) is 10.1 Å². The van der Waals surface area contributed by atoms with Crippen LogP contribution in [0.15, 0.2) is 12.3 Å². The minimum absolute atomic E-state index is 0.205. The average molecular weight is 431 g/mol. The van der Waals surface area contributed by atoms with E-state index in [-0.39, 0.29) is 23.5 Å². The first-order valence-corrected chi connectivity index (χ1v) is 11.6. The van der Waals surface area contributed by atoms with E-state index >= 15 is 0 Å². The summed E-state index contributed by atoms with van der Waals surface area (Å²) in [5.74, 6) is 1.16. The lowest BCUT2D eigenvalue weighted by atomic mass is 9.78. The highest BCUT2D eigenvalue weighted by atomic mass is 16.5. The van der Waals surface area contributed by atoms with Gasteiger partial charge in [0, 0.05) is 25.7 Å². The number of ether oxygens (including phenoxy) is 1. The standard InChI is InChI=1S/C23H34N4O4/c1-3-31-22(30)25-17-13-16(2)20(24-14-17)26-11-4-9-23(15-26)10-12-27(21(23)29)18-5-7-19(28)8-6-18/h13-14,18-19,28H,3-12,15H2,1-2H3,(H,25,30)/t18-,19-,23-/m1/s1. The highest BCUT2D eigenvalue weighted by Gasteiger charge is 2.50. The second-order valence-corrected chi connectivity index (χ2v) is 9.23. The molecule has 2 saturated heterocycles. The van der Waals surface area contributed by atoms with E-state index in [1.165, 1.54) is 0 Å². The van der Waals surface area contributed by atoms with Crippen LogP contribution in [0.1, 0.15) is 57.4 Å². The number of carbonyl (C=O) groups is 2. The van der Waals surface area contributed by atoms with Gasteiger partial charge in [-0.2, -0.15) is 0 Å². The number of piperidine rings is 1. The van der Waals surface area contributed by atoms with Gasteiger partial charge >= 0.3 is 6.09 Å². The first-order valence-electron chi connectivity index (χ1n) is 11.6. The average Bonchev–Trinajstić information content (AvgIpc) is 3.04. The summed E-state index contributed by atoms with van der Waals surface area (Å²) in [5.41, 5.74) is 1.24. The molecule has 0 radical (unpaired) electrons. The third kappa shape index (κ3) is 4.49. The number of hydrogen-bond donors (Lipinski definition) is 2. The van der Waals surface area contributed by atoms with Crippen LogP contribution in [-0.2, 0) is 9.53 Å². The predicted molar refractivity (Wildman–Crippen MR) is 118 cm³/mol. The van der Waals surface area contributed by atoms with Crippen LogP contribution in [0.5, 0.6) is 0 Å².